The van der Waals surface area contributed by atoms with Gasteiger partial charge in [0.05, 0.1) is 0 Å². The molecule has 0 spiro atoms. The largest absolute Gasteiger partial charge is 0.313 e. The van der Waals surface area contributed by atoms with E-state index in [2.05, 4.69) is 36.5 Å². The second-order valence-corrected chi connectivity index (χ2v) is 5.48. The van der Waals surface area contributed by atoms with E-state index in [9.17, 15) is 4.39 Å². The fourth-order valence-corrected chi connectivity index (χ4v) is 2.78. The predicted molar refractivity (Wildman–Crippen MR) is 82.6 cm³/mol. The maximum Gasteiger partial charge on any atom is 0.123 e. The Morgan fingerprint density at radius 2 is 1.55 bits per heavy atom. The third kappa shape index (κ3) is 3.26. The summed E-state index contributed by atoms with van der Waals surface area (Å²) in [7, 11) is 1.96. The Kier molecular flexibility index (Phi) is 4.56. The summed E-state index contributed by atoms with van der Waals surface area (Å²) in [6.45, 7) is 6.05. The molecule has 0 heterocycles. The quantitative estimate of drug-likeness (QED) is 0.876. The van der Waals surface area contributed by atoms with Gasteiger partial charge in [-0.25, -0.2) is 4.39 Å². The van der Waals surface area contributed by atoms with Crippen molar-refractivity contribution in [3.8, 4) is 0 Å². The maximum atomic E-state index is 13.4. The van der Waals surface area contributed by atoms with Crippen LogP contribution in [0.1, 0.15) is 33.9 Å². The van der Waals surface area contributed by atoms with Crippen LogP contribution in [0, 0.1) is 26.6 Å². The van der Waals surface area contributed by atoms with Crippen molar-refractivity contribution in [2.45, 2.75) is 33.2 Å². The summed E-state index contributed by atoms with van der Waals surface area (Å²) in [5, 5.41) is 3.36. The molecule has 2 aromatic rings. The van der Waals surface area contributed by atoms with Crippen LogP contribution in [0.3, 0.4) is 0 Å². The van der Waals surface area contributed by atoms with Gasteiger partial charge in [0, 0.05) is 6.04 Å². The van der Waals surface area contributed by atoms with Crippen molar-refractivity contribution in [2.24, 2.45) is 0 Å². The molecule has 0 bridgehead atoms. The van der Waals surface area contributed by atoms with Crippen LogP contribution in [0.2, 0.25) is 0 Å². The fraction of sp³-hybridized carbons (Fsp3) is 0.333. The molecule has 2 aromatic carbocycles. The molecule has 0 aliphatic carbocycles. The molecule has 1 N–H and O–H groups in total. The zero-order valence-electron chi connectivity index (χ0n) is 12.6. The Morgan fingerprint density at radius 3 is 2.05 bits per heavy atom. The summed E-state index contributed by atoms with van der Waals surface area (Å²) in [6, 6.07) is 12.0. The second-order valence-electron chi connectivity index (χ2n) is 5.48. The van der Waals surface area contributed by atoms with E-state index in [4.69, 9.17) is 0 Å². The monoisotopic (exact) mass is 271 g/mol. The fourth-order valence-electron chi connectivity index (χ4n) is 2.78. The van der Waals surface area contributed by atoms with Gasteiger partial charge in [-0.1, -0.05) is 29.8 Å². The summed E-state index contributed by atoms with van der Waals surface area (Å²) < 4.78 is 13.4. The van der Waals surface area contributed by atoms with E-state index in [1.165, 1.54) is 16.7 Å². The molecule has 0 saturated heterocycles. The summed E-state index contributed by atoms with van der Waals surface area (Å²) in [6.07, 6.45) is 0.907. The Bertz CT molecular complexity index is 564. The lowest BCUT2D eigenvalue weighted by Crippen LogP contribution is -2.21. The number of likely N-dealkylation sites (N-methyl/N-ethyl adjacent to an activating group) is 1. The average molecular weight is 271 g/mol. The highest BCUT2D eigenvalue weighted by Crippen LogP contribution is 2.26. The minimum absolute atomic E-state index is 0.158. The molecule has 0 saturated carbocycles. The number of hydrogen-bond acceptors (Lipinski definition) is 1. The van der Waals surface area contributed by atoms with Gasteiger partial charge in [0.2, 0.25) is 0 Å². The third-order valence-corrected chi connectivity index (χ3v) is 3.82. The molecule has 0 aliphatic heterocycles. The van der Waals surface area contributed by atoms with Gasteiger partial charge in [0.15, 0.2) is 0 Å². The zero-order chi connectivity index (χ0) is 14.7. The first-order valence-corrected chi connectivity index (χ1v) is 7.00. The lowest BCUT2D eigenvalue weighted by molar-refractivity contribution is 0.578. The van der Waals surface area contributed by atoms with Gasteiger partial charge in [0.1, 0.15) is 5.82 Å². The summed E-state index contributed by atoms with van der Waals surface area (Å²) in [5.41, 5.74) is 5.78. The molecule has 0 aromatic heterocycles. The van der Waals surface area contributed by atoms with Crippen LogP contribution in [0.4, 0.5) is 4.39 Å². The molecule has 1 unspecified atom stereocenters. The van der Waals surface area contributed by atoms with Gasteiger partial charge in [-0.05, 0) is 68.6 Å². The van der Waals surface area contributed by atoms with Crippen LogP contribution in [-0.2, 0) is 6.42 Å². The minimum atomic E-state index is -0.158. The van der Waals surface area contributed by atoms with Crippen LogP contribution in [0.5, 0.6) is 0 Å². The number of nitrogens with one attached hydrogen (secondary N) is 1. The summed E-state index contributed by atoms with van der Waals surface area (Å²) in [4.78, 5) is 0. The molecule has 106 valence electrons. The van der Waals surface area contributed by atoms with Crippen LogP contribution in [0.15, 0.2) is 36.4 Å². The van der Waals surface area contributed by atoms with Crippen LogP contribution in [-0.4, -0.2) is 7.05 Å². The maximum absolute atomic E-state index is 13.4. The predicted octanol–water partition coefficient (Wildman–Crippen LogP) is 4.25. The molecule has 0 amide bonds. The first-order valence-electron chi connectivity index (χ1n) is 7.00. The van der Waals surface area contributed by atoms with E-state index >= 15 is 0 Å². The van der Waals surface area contributed by atoms with E-state index < -0.39 is 0 Å². The van der Waals surface area contributed by atoms with Gasteiger partial charge in [0.25, 0.3) is 0 Å². The van der Waals surface area contributed by atoms with Crippen molar-refractivity contribution in [2.75, 3.05) is 7.05 Å². The number of rotatable bonds is 4. The molecule has 0 radical (unpaired) electrons. The Morgan fingerprint density at radius 1 is 1.00 bits per heavy atom. The minimum Gasteiger partial charge on any atom is -0.313 e. The summed E-state index contributed by atoms with van der Waals surface area (Å²) >= 11 is 0. The highest BCUT2D eigenvalue weighted by Gasteiger charge is 2.16. The average Bonchev–Trinajstić information content (AvgIpc) is 2.38. The Labute approximate surface area is 120 Å². The number of aryl methyl sites for hydroxylation is 3. The molecule has 2 rings (SSSR count). The van der Waals surface area contributed by atoms with E-state index in [1.807, 2.05) is 20.9 Å². The molecular weight excluding hydrogens is 249 g/mol. The zero-order valence-corrected chi connectivity index (χ0v) is 12.6. The van der Waals surface area contributed by atoms with E-state index in [1.54, 1.807) is 12.1 Å². The third-order valence-electron chi connectivity index (χ3n) is 3.82. The molecule has 20 heavy (non-hydrogen) atoms. The highest BCUT2D eigenvalue weighted by molar-refractivity contribution is 5.38. The molecule has 0 fully saturated rings. The Balaban J connectivity index is 2.31. The molecule has 1 nitrogen and oxygen atoms in total. The topological polar surface area (TPSA) is 12.0 Å². The number of hydrogen-bond donors (Lipinski definition) is 1. The lowest BCUT2D eigenvalue weighted by Gasteiger charge is -2.21. The van der Waals surface area contributed by atoms with Gasteiger partial charge in [-0.3, -0.25) is 0 Å². The van der Waals surface area contributed by atoms with Gasteiger partial charge in [-0.15, -0.1) is 0 Å². The molecular formula is C18H22FN. The van der Waals surface area contributed by atoms with Gasteiger partial charge >= 0.3 is 0 Å². The van der Waals surface area contributed by atoms with Crippen molar-refractivity contribution in [1.82, 2.24) is 5.32 Å². The van der Waals surface area contributed by atoms with Crippen molar-refractivity contribution < 1.29 is 4.39 Å². The van der Waals surface area contributed by atoms with Gasteiger partial charge in [-0.2, -0.15) is 0 Å². The van der Waals surface area contributed by atoms with Gasteiger partial charge < -0.3 is 5.32 Å². The van der Waals surface area contributed by atoms with Crippen LogP contribution >= 0.6 is 0 Å². The Hall–Kier alpha value is -1.67. The smallest absolute Gasteiger partial charge is 0.123 e. The van der Waals surface area contributed by atoms with Crippen molar-refractivity contribution in [3.63, 3.8) is 0 Å². The second kappa shape index (κ2) is 6.19. The molecule has 0 aliphatic rings. The number of benzene rings is 2. The van der Waals surface area contributed by atoms with Crippen LogP contribution < -0.4 is 5.32 Å². The van der Waals surface area contributed by atoms with E-state index in [0.717, 1.165) is 17.5 Å². The summed E-state index contributed by atoms with van der Waals surface area (Å²) in [5.74, 6) is -0.158. The molecule has 2 heteroatoms. The van der Waals surface area contributed by atoms with Crippen molar-refractivity contribution >= 4 is 0 Å². The highest BCUT2D eigenvalue weighted by atomic mass is 19.1. The SMILES string of the molecule is CNC(Cc1ccc(C)cc1)c1c(C)cc(F)cc1C. The normalized spacial score (nSPS) is 12.4. The first-order chi connectivity index (χ1) is 9.51. The molecule has 1 atom stereocenters. The first kappa shape index (κ1) is 14.7. The van der Waals surface area contributed by atoms with Crippen molar-refractivity contribution in [3.05, 3.63) is 70.0 Å². The van der Waals surface area contributed by atoms with Crippen LogP contribution in [0.25, 0.3) is 0 Å². The standard InChI is InChI=1S/C18H22FN/c1-12-5-7-15(8-6-12)11-17(20-4)18-13(2)9-16(19)10-14(18)3/h5-10,17,20H,11H2,1-4H3. The van der Waals surface area contributed by atoms with E-state index in [-0.39, 0.29) is 11.9 Å². The van der Waals surface area contributed by atoms with E-state index in [0.29, 0.717) is 0 Å². The lowest BCUT2D eigenvalue weighted by atomic mass is 9.91. The number of halogens is 1. The van der Waals surface area contributed by atoms with Crippen molar-refractivity contribution in [1.29, 1.82) is 0 Å².